The highest BCUT2D eigenvalue weighted by atomic mass is 35.5. The summed E-state index contributed by atoms with van der Waals surface area (Å²) in [4.78, 5) is 6.81. The van der Waals surface area contributed by atoms with Gasteiger partial charge in [0.25, 0.3) is 0 Å². The van der Waals surface area contributed by atoms with Gasteiger partial charge in [-0.3, -0.25) is 4.98 Å². The van der Waals surface area contributed by atoms with E-state index in [1.165, 1.54) is 31.2 Å². The van der Waals surface area contributed by atoms with Crippen LogP contribution >= 0.6 is 23.8 Å². The Morgan fingerprint density at radius 1 is 1.03 bits per heavy atom. The van der Waals surface area contributed by atoms with Crippen LogP contribution in [-0.2, 0) is 0 Å². The van der Waals surface area contributed by atoms with E-state index in [-0.39, 0.29) is 12.1 Å². The molecule has 4 nitrogen and oxygen atoms in total. The monoisotopic (exact) mass is 422 g/mol. The van der Waals surface area contributed by atoms with Crippen molar-refractivity contribution in [3.05, 3.63) is 83.4 Å². The molecule has 2 aromatic heterocycles. The Balaban J connectivity index is 1.56. The molecular formula is C23H23ClN4S. The van der Waals surface area contributed by atoms with Gasteiger partial charge in [-0.25, -0.2) is 0 Å². The second-order valence-corrected chi connectivity index (χ2v) is 8.63. The lowest BCUT2D eigenvalue weighted by molar-refractivity contribution is 0.515. The lowest BCUT2D eigenvalue weighted by atomic mass is 9.98. The van der Waals surface area contributed by atoms with E-state index in [4.69, 9.17) is 23.8 Å². The Morgan fingerprint density at radius 3 is 2.55 bits per heavy atom. The van der Waals surface area contributed by atoms with Crippen LogP contribution in [0.5, 0.6) is 0 Å². The van der Waals surface area contributed by atoms with E-state index >= 15 is 0 Å². The van der Waals surface area contributed by atoms with Crippen molar-refractivity contribution in [2.75, 3.05) is 4.90 Å². The molecule has 2 fully saturated rings. The number of hydrogen-bond donors (Lipinski definition) is 1. The molecule has 29 heavy (non-hydrogen) atoms. The largest absolute Gasteiger partial charge is 0.351 e. The van der Waals surface area contributed by atoms with E-state index in [9.17, 15) is 0 Å². The van der Waals surface area contributed by atoms with Crippen molar-refractivity contribution in [3.63, 3.8) is 0 Å². The first-order valence-electron chi connectivity index (χ1n) is 10.1. The van der Waals surface area contributed by atoms with Crippen LogP contribution < -0.4 is 10.2 Å². The normalized spacial score (nSPS) is 22.2. The van der Waals surface area contributed by atoms with Gasteiger partial charge in [0.15, 0.2) is 5.11 Å². The van der Waals surface area contributed by atoms with Gasteiger partial charge in [-0.15, -0.1) is 0 Å². The first-order valence-corrected chi connectivity index (χ1v) is 10.9. The van der Waals surface area contributed by atoms with Crippen molar-refractivity contribution in [2.45, 2.75) is 43.8 Å². The molecule has 1 aliphatic heterocycles. The van der Waals surface area contributed by atoms with Gasteiger partial charge in [-0.05, 0) is 73.1 Å². The highest BCUT2D eigenvalue weighted by Crippen LogP contribution is 2.42. The second kappa shape index (κ2) is 7.81. The van der Waals surface area contributed by atoms with E-state index in [1.54, 1.807) is 0 Å². The summed E-state index contributed by atoms with van der Waals surface area (Å²) in [5, 5.41) is 4.94. The van der Waals surface area contributed by atoms with Crippen molar-refractivity contribution in [1.82, 2.24) is 14.9 Å². The molecule has 0 spiro atoms. The Labute approximate surface area is 181 Å². The van der Waals surface area contributed by atoms with Gasteiger partial charge in [-0.2, -0.15) is 0 Å². The molecule has 2 atom stereocenters. The smallest absolute Gasteiger partial charge is 0.174 e. The number of thiocarbonyl (C=S) groups is 1. The van der Waals surface area contributed by atoms with Gasteiger partial charge in [-0.1, -0.05) is 30.5 Å². The molecule has 1 saturated heterocycles. The summed E-state index contributed by atoms with van der Waals surface area (Å²) in [5.74, 6) is 0. The standard InChI is InChI=1S/C23H23ClN4S/c24-17-8-10-19(11-9-17)28-22(16-12-14-27(15-16)18-5-1-2-6-18)21(26-23(28)29)20-7-3-4-13-25-20/h3-4,7-15,18,21-22H,1-2,5-6H2,(H,26,29)/t21-,22+/m0/s1. The summed E-state index contributed by atoms with van der Waals surface area (Å²) in [6.45, 7) is 0. The molecule has 2 aliphatic rings. The zero-order chi connectivity index (χ0) is 19.8. The fourth-order valence-electron chi connectivity index (χ4n) is 4.61. The fourth-order valence-corrected chi connectivity index (χ4v) is 5.08. The minimum Gasteiger partial charge on any atom is -0.351 e. The van der Waals surface area contributed by atoms with Crippen LogP contribution in [0.2, 0.25) is 5.02 Å². The zero-order valence-corrected chi connectivity index (χ0v) is 17.6. The van der Waals surface area contributed by atoms with Crippen LogP contribution in [-0.4, -0.2) is 14.7 Å². The number of hydrogen-bond acceptors (Lipinski definition) is 2. The fraction of sp³-hybridized carbons (Fsp3) is 0.304. The van der Waals surface area contributed by atoms with Crippen LogP contribution in [0, 0.1) is 0 Å². The van der Waals surface area contributed by atoms with Gasteiger partial charge in [0.05, 0.1) is 17.8 Å². The predicted octanol–water partition coefficient (Wildman–Crippen LogP) is 5.83. The van der Waals surface area contributed by atoms with Gasteiger partial charge in [0.1, 0.15) is 0 Å². The molecule has 3 aromatic rings. The highest BCUT2D eigenvalue weighted by molar-refractivity contribution is 7.80. The maximum atomic E-state index is 6.13. The van der Waals surface area contributed by atoms with Gasteiger partial charge >= 0.3 is 0 Å². The number of anilines is 1. The predicted molar refractivity (Wildman–Crippen MR) is 121 cm³/mol. The highest BCUT2D eigenvalue weighted by Gasteiger charge is 2.41. The van der Waals surface area contributed by atoms with Crippen LogP contribution in [0.1, 0.15) is 55.1 Å². The van der Waals surface area contributed by atoms with E-state index in [1.807, 2.05) is 42.6 Å². The lowest BCUT2D eigenvalue weighted by Crippen LogP contribution is -2.29. The van der Waals surface area contributed by atoms with Crippen LogP contribution in [0.15, 0.2) is 67.1 Å². The molecule has 1 aromatic carbocycles. The molecule has 1 saturated carbocycles. The first-order chi connectivity index (χ1) is 14.2. The number of halogens is 1. The number of rotatable bonds is 4. The topological polar surface area (TPSA) is 33.1 Å². The summed E-state index contributed by atoms with van der Waals surface area (Å²) >= 11 is 11.9. The Hall–Kier alpha value is -2.37. The van der Waals surface area contributed by atoms with E-state index in [0.29, 0.717) is 11.2 Å². The zero-order valence-electron chi connectivity index (χ0n) is 16.0. The Kier molecular flexibility index (Phi) is 5.02. The van der Waals surface area contributed by atoms with Gasteiger partial charge in [0.2, 0.25) is 0 Å². The Morgan fingerprint density at radius 2 is 1.83 bits per heavy atom. The molecule has 5 rings (SSSR count). The third-order valence-electron chi connectivity index (χ3n) is 6.03. The molecule has 1 N–H and O–H groups in total. The summed E-state index contributed by atoms with van der Waals surface area (Å²) in [6.07, 6.45) is 11.5. The van der Waals surface area contributed by atoms with Crippen molar-refractivity contribution in [3.8, 4) is 0 Å². The maximum Gasteiger partial charge on any atom is 0.174 e. The molecule has 6 heteroatoms. The second-order valence-electron chi connectivity index (χ2n) is 7.80. The molecule has 3 heterocycles. The number of nitrogens with zero attached hydrogens (tertiary/aromatic N) is 3. The van der Waals surface area contributed by atoms with Crippen LogP contribution in [0.4, 0.5) is 5.69 Å². The third kappa shape index (κ3) is 3.53. The third-order valence-corrected chi connectivity index (χ3v) is 6.59. The molecule has 0 radical (unpaired) electrons. The van der Waals surface area contributed by atoms with E-state index in [0.717, 1.165) is 16.4 Å². The maximum absolute atomic E-state index is 6.13. The number of pyridine rings is 1. The van der Waals surface area contributed by atoms with Crippen molar-refractivity contribution >= 4 is 34.6 Å². The SMILES string of the molecule is S=C1N[C@@H](c2ccccn2)[C@@H](c2ccn(C3CCCC3)c2)N1c1ccc(Cl)cc1. The van der Waals surface area contributed by atoms with Gasteiger partial charge in [0, 0.05) is 35.3 Å². The minimum absolute atomic E-state index is 0.0150. The van der Waals surface area contributed by atoms with Gasteiger partial charge < -0.3 is 14.8 Å². The quantitative estimate of drug-likeness (QED) is 0.536. The lowest BCUT2D eigenvalue weighted by Gasteiger charge is -2.27. The van der Waals surface area contributed by atoms with Crippen LogP contribution in [0.3, 0.4) is 0 Å². The van der Waals surface area contributed by atoms with Crippen LogP contribution in [0.25, 0.3) is 0 Å². The number of benzene rings is 1. The molecule has 0 amide bonds. The average molecular weight is 423 g/mol. The number of nitrogens with one attached hydrogen (secondary N) is 1. The first kappa shape index (κ1) is 18.6. The molecule has 1 aliphatic carbocycles. The molecule has 0 unspecified atom stereocenters. The van der Waals surface area contributed by atoms with E-state index in [2.05, 4.69) is 44.3 Å². The molecule has 0 bridgehead atoms. The Bertz CT molecular complexity index is 995. The van der Waals surface area contributed by atoms with Crippen molar-refractivity contribution in [1.29, 1.82) is 0 Å². The molecule has 148 valence electrons. The van der Waals surface area contributed by atoms with Crippen molar-refractivity contribution < 1.29 is 0 Å². The summed E-state index contributed by atoms with van der Waals surface area (Å²) in [7, 11) is 0. The summed E-state index contributed by atoms with van der Waals surface area (Å²) in [5.41, 5.74) is 3.27. The van der Waals surface area contributed by atoms with E-state index < -0.39 is 0 Å². The minimum atomic E-state index is -0.0150. The summed E-state index contributed by atoms with van der Waals surface area (Å²) in [6, 6.07) is 16.8. The van der Waals surface area contributed by atoms with Crippen molar-refractivity contribution in [2.24, 2.45) is 0 Å². The molecular weight excluding hydrogens is 400 g/mol. The summed E-state index contributed by atoms with van der Waals surface area (Å²) < 4.78 is 2.39. The average Bonchev–Trinajstić information content (AvgIpc) is 3.49. The number of aromatic nitrogens is 2.